The van der Waals surface area contributed by atoms with Gasteiger partial charge in [0.05, 0.1) is 27.7 Å². The van der Waals surface area contributed by atoms with E-state index in [1.807, 2.05) is 39.4 Å². The van der Waals surface area contributed by atoms with Gasteiger partial charge in [0.2, 0.25) is 0 Å². The lowest BCUT2D eigenvalue weighted by Crippen LogP contribution is -2.37. The number of phosphoric ester groups is 1. The molecule has 0 bridgehead atoms. The van der Waals surface area contributed by atoms with Gasteiger partial charge in [-0.15, -0.1) is 0 Å². The Labute approximate surface area is 337 Å². The van der Waals surface area contributed by atoms with Gasteiger partial charge in [-0.05, 0) is 57.8 Å². The van der Waals surface area contributed by atoms with Gasteiger partial charge in [-0.1, -0.05) is 152 Å². The summed E-state index contributed by atoms with van der Waals surface area (Å²) in [6.07, 6.45) is 42.8. The molecule has 0 rings (SSSR count). The zero-order valence-corrected chi connectivity index (χ0v) is 36.8. The number of esters is 2. The topological polar surface area (TPSA) is 111 Å². The molecule has 0 saturated heterocycles. The Morgan fingerprint density at radius 1 is 0.582 bits per heavy atom. The van der Waals surface area contributed by atoms with Crippen LogP contribution in [0.4, 0.5) is 0 Å². The molecule has 0 aliphatic rings. The average molecular weight is 796 g/mol. The monoisotopic (exact) mass is 796 g/mol. The third kappa shape index (κ3) is 41.4. The Kier molecular flexibility index (Phi) is 36.2. The van der Waals surface area contributed by atoms with Crippen molar-refractivity contribution >= 4 is 19.8 Å². The van der Waals surface area contributed by atoms with Crippen LogP contribution in [-0.4, -0.2) is 70.0 Å². The van der Waals surface area contributed by atoms with E-state index in [1.165, 1.54) is 64.2 Å². The molecule has 0 heterocycles. The molecule has 0 spiro atoms. The summed E-state index contributed by atoms with van der Waals surface area (Å²) in [5.74, 6) is -0.870. The highest BCUT2D eigenvalue weighted by Gasteiger charge is 2.21. The lowest BCUT2D eigenvalue weighted by atomic mass is 10.1. The van der Waals surface area contributed by atoms with E-state index < -0.39 is 32.5 Å². The molecule has 0 saturated carbocycles. The van der Waals surface area contributed by atoms with Crippen LogP contribution in [0.5, 0.6) is 0 Å². The number of carbonyl (C=O) groups is 2. The lowest BCUT2D eigenvalue weighted by Gasteiger charge is -2.28. The number of quaternary nitrogens is 1. The van der Waals surface area contributed by atoms with Gasteiger partial charge in [-0.25, -0.2) is 0 Å². The fourth-order valence-corrected chi connectivity index (χ4v) is 6.44. The first kappa shape index (κ1) is 53.0. The molecule has 320 valence electrons. The van der Waals surface area contributed by atoms with Gasteiger partial charge < -0.3 is 27.9 Å². The van der Waals surface area contributed by atoms with Crippen molar-refractivity contribution in [3.05, 3.63) is 48.6 Å². The Bertz CT molecular complexity index is 1080. The van der Waals surface area contributed by atoms with Crippen molar-refractivity contribution in [1.82, 2.24) is 0 Å². The summed E-state index contributed by atoms with van der Waals surface area (Å²) in [6, 6.07) is 0. The van der Waals surface area contributed by atoms with Crippen LogP contribution in [0.15, 0.2) is 48.6 Å². The van der Waals surface area contributed by atoms with Crippen LogP contribution in [0.25, 0.3) is 0 Å². The number of phosphoric acid groups is 1. The first-order chi connectivity index (χ1) is 26.5. The highest BCUT2D eigenvalue weighted by molar-refractivity contribution is 7.45. The maximum Gasteiger partial charge on any atom is 0.306 e. The van der Waals surface area contributed by atoms with E-state index in [2.05, 4.69) is 44.2 Å². The van der Waals surface area contributed by atoms with Crippen LogP contribution in [0, 0.1) is 0 Å². The van der Waals surface area contributed by atoms with Gasteiger partial charge in [0.25, 0.3) is 7.82 Å². The van der Waals surface area contributed by atoms with Crippen LogP contribution in [0.2, 0.25) is 0 Å². The summed E-state index contributed by atoms with van der Waals surface area (Å²) in [5, 5.41) is 0. The van der Waals surface area contributed by atoms with Crippen molar-refractivity contribution in [3.8, 4) is 0 Å². The number of allylic oxidation sites excluding steroid dienone is 8. The highest BCUT2D eigenvalue weighted by Crippen LogP contribution is 2.38. The quantitative estimate of drug-likeness (QED) is 0.0151. The van der Waals surface area contributed by atoms with Crippen molar-refractivity contribution in [3.63, 3.8) is 0 Å². The molecule has 0 aromatic carbocycles. The lowest BCUT2D eigenvalue weighted by molar-refractivity contribution is -0.870. The molecule has 2 atom stereocenters. The molecule has 0 aromatic rings. The summed E-state index contributed by atoms with van der Waals surface area (Å²) in [5.41, 5.74) is 0. The second kappa shape index (κ2) is 37.5. The minimum Gasteiger partial charge on any atom is -0.756 e. The van der Waals surface area contributed by atoms with Gasteiger partial charge in [0.15, 0.2) is 6.10 Å². The molecule has 9 nitrogen and oxygen atoms in total. The number of hydrogen-bond acceptors (Lipinski definition) is 8. The number of rotatable bonds is 39. The first-order valence-electron chi connectivity index (χ1n) is 21.9. The van der Waals surface area contributed by atoms with Crippen LogP contribution in [0.3, 0.4) is 0 Å². The third-order valence-corrected chi connectivity index (χ3v) is 10.1. The highest BCUT2D eigenvalue weighted by atomic mass is 31.2. The van der Waals surface area contributed by atoms with Gasteiger partial charge in [-0.3, -0.25) is 14.2 Å². The predicted octanol–water partition coefficient (Wildman–Crippen LogP) is 11.7. The number of likely N-dealkylation sites (N-methyl/N-ethyl adjacent to an activating group) is 1. The SMILES string of the molecule is CC/C=C/C=C/C=C/CCCCCCCC(=O)OC(COC(=O)CCCCCCC/C=C/CCCCCCCCCCC)COP(=O)([O-])OCC[N+](C)(C)C. The number of carbonyl (C=O) groups excluding carboxylic acids is 2. The smallest absolute Gasteiger partial charge is 0.306 e. The predicted molar refractivity (Wildman–Crippen MR) is 227 cm³/mol. The molecular weight excluding hydrogens is 713 g/mol. The maximum atomic E-state index is 12.6. The number of ether oxygens (including phenoxy) is 2. The fraction of sp³-hybridized carbons (Fsp3) is 0.778. The summed E-state index contributed by atoms with van der Waals surface area (Å²) in [4.78, 5) is 37.5. The van der Waals surface area contributed by atoms with E-state index in [1.54, 1.807) is 0 Å². The van der Waals surface area contributed by atoms with Gasteiger partial charge >= 0.3 is 11.9 Å². The van der Waals surface area contributed by atoms with Crippen LogP contribution >= 0.6 is 7.82 Å². The van der Waals surface area contributed by atoms with Gasteiger partial charge in [-0.2, -0.15) is 0 Å². The Hall–Kier alpha value is -2.03. The standard InChI is InChI=1S/C45H82NO8P/c1-6-8-10-12-14-16-18-20-21-22-23-24-26-27-29-31-33-35-37-44(47)51-41-43(42-53-55(49,50)52-40-39-46(3,4)5)54-45(48)38-36-34-32-30-28-25-19-17-15-13-11-9-7-2/h9,11,13,15,17,19,23-24,43H,6-8,10,12,14,16,18,20-22,25-42H2,1-5H3/b11-9+,15-13+,19-17+,24-23+. The first-order valence-corrected chi connectivity index (χ1v) is 23.3. The molecule has 2 unspecified atom stereocenters. The van der Waals surface area contributed by atoms with E-state index >= 15 is 0 Å². The van der Waals surface area contributed by atoms with E-state index in [0.717, 1.165) is 70.6 Å². The second-order valence-electron chi connectivity index (χ2n) is 15.7. The van der Waals surface area contributed by atoms with Crippen LogP contribution in [0.1, 0.15) is 174 Å². The minimum absolute atomic E-state index is 0.0379. The van der Waals surface area contributed by atoms with E-state index in [-0.39, 0.29) is 26.1 Å². The fourth-order valence-electron chi connectivity index (χ4n) is 5.71. The summed E-state index contributed by atoms with van der Waals surface area (Å²) >= 11 is 0. The number of hydrogen-bond donors (Lipinski definition) is 0. The van der Waals surface area contributed by atoms with Gasteiger partial charge in [0.1, 0.15) is 19.8 Å². The molecule has 0 radical (unpaired) electrons. The molecule has 0 aliphatic carbocycles. The van der Waals surface area contributed by atoms with Crippen LogP contribution < -0.4 is 4.89 Å². The summed E-state index contributed by atoms with van der Waals surface area (Å²) < 4.78 is 33.8. The molecule has 0 aromatic heterocycles. The number of nitrogens with zero attached hydrogens (tertiary/aromatic N) is 1. The zero-order chi connectivity index (χ0) is 40.7. The van der Waals surface area contributed by atoms with Crippen molar-refractivity contribution in [2.45, 2.75) is 180 Å². The van der Waals surface area contributed by atoms with E-state index in [4.69, 9.17) is 18.5 Å². The van der Waals surface area contributed by atoms with Gasteiger partial charge in [0, 0.05) is 12.8 Å². The minimum atomic E-state index is -4.63. The Morgan fingerprint density at radius 2 is 1.05 bits per heavy atom. The second-order valence-corrected chi connectivity index (χ2v) is 17.1. The molecule has 10 heteroatoms. The third-order valence-electron chi connectivity index (χ3n) is 9.14. The molecule has 0 amide bonds. The molecule has 55 heavy (non-hydrogen) atoms. The molecule has 0 aliphatic heterocycles. The maximum absolute atomic E-state index is 12.6. The molecule has 0 fully saturated rings. The van der Waals surface area contributed by atoms with E-state index in [0.29, 0.717) is 23.9 Å². The summed E-state index contributed by atoms with van der Waals surface area (Å²) in [7, 11) is 1.14. The molecule has 0 N–H and O–H groups in total. The average Bonchev–Trinajstić information content (AvgIpc) is 3.13. The Morgan fingerprint density at radius 3 is 1.58 bits per heavy atom. The molecular formula is C45H82NO8P. The zero-order valence-electron chi connectivity index (χ0n) is 35.9. The number of unbranched alkanes of at least 4 members (excludes halogenated alkanes) is 19. The summed E-state index contributed by atoms with van der Waals surface area (Å²) in [6.45, 7) is 4.05. The Balaban J connectivity index is 4.37. The van der Waals surface area contributed by atoms with E-state index in [9.17, 15) is 19.0 Å². The van der Waals surface area contributed by atoms with Crippen LogP contribution in [-0.2, 0) is 32.7 Å². The van der Waals surface area contributed by atoms with Crippen molar-refractivity contribution in [2.24, 2.45) is 0 Å². The normalized spacial score (nSPS) is 14.1. The van der Waals surface area contributed by atoms with Crippen molar-refractivity contribution < 1.29 is 42.1 Å². The van der Waals surface area contributed by atoms with Crippen molar-refractivity contribution in [1.29, 1.82) is 0 Å². The van der Waals surface area contributed by atoms with Crippen molar-refractivity contribution in [2.75, 3.05) is 47.5 Å². The largest absolute Gasteiger partial charge is 0.756 e.